The summed E-state index contributed by atoms with van der Waals surface area (Å²) in [6.45, 7) is 10.3. The molecule has 0 amide bonds. The molecule has 0 aromatic carbocycles. The Morgan fingerprint density at radius 3 is 1.48 bits per heavy atom. The standard InChI is InChI=1S/C28H40N2O2S8/c1-27(2,17-29-23(33)15-21-19(25(29)35)5-9-37-21)7-11-39(31)13-14-40(32)12-8-28(3,4)18-30-24(34)16-22-20(26(30)36)6-10-38-22/h15-16,19-20H,5-14,17-18H2,1-4H3. The van der Waals surface area contributed by atoms with Crippen LogP contribution in [0, 0.1) is 22.7 Å². The second-order valence-corrected chi connectivity index (χ2v) is 19.9. The van der Waals surface area contributed by atoms with Crippen LogP contribution < -0.4 is 0 Å². The number of rotatable bonds is 13. The molecule has 0 radical (unpaired) electrons. The van der Waals surface area contributed by atoms with E-state index in [1.807, 2.05) is 23.5 Å². The summed E-state index contributed by atoms with van der Waals surface area (Å²) in [5, 5.41) is 0. The van der Waals surface area contributed by atoms with Crippen molar-refractivity contribution in [2.45, 2.75) is 53.4 Å². The summed E-state index contributed by atoms with van der Waals surface area (Å²) in [6, 6.07) is 0. The van der Waals surface area contributed by atoms with E-state index in [0.717, 1.165) is 70.2 Å². The van der Waals surface area contributed by atoms with Crippen LogP contribution in [0.3, 0.4) is 0 Å². The first-order chi connectivity index (χ1) is 18.8. The highest BCUT2D eigenvalue weighted by molar-refractivity contribution is 8.03. The zero-order valence-corrected chi connectivity index (χ0v) is 30.3. The Labute approximate surface area is 275 Å². The molecule has 4 rings (SSSR count). The number of hydrogen-bond donors (Lipinski definition) is 0. The van der Waals surface area contributed by atoms with Crippen molar-refractivity contribution in [3.63, 3.8) is 0 Å². The summed E-state index contributed by atoms with van der Waals surface area (Å²) >= 11 is 26.7. The van der Waals surface area contributed by atoms with Gasteiger partial charge in [-0.25, -0.2) is 0 Å². The van der Waals surface area contributed by atoms with E-state index >= 15 is 0 Å². The second kappa shape index (κ2) is 14.0. The molecule has 0 aliphatic carbocycles. The first-order valence-corrected chi connectivity index (χ1v) is 20.4. The van der Waals surface area contributed by atoms with Crippen molar-refractivity contribution in [3.8, 4) is 0 Å². The monoisotopic (exact) mass is 692 g/mol. The van der Waals surface area contributed by atoms with Gasteiger partial charge in [-0.3, -0.25) is 8.42 Å². The van der Waals surface area contributed by atoms with Crippen molar-refractivity contribution < 1.29 is 8.42 Å². The predicted octanol–water partition coefficient (Wildman–Crippen LogP) is 6.53. The van der Waals surface area contributed by atoms with Gasteiger partial charge in [-0.2, -0.15) is 0 Å². The average Bonchev–Trinajstić information content (AvgIpc) is 3.55. The number of fused-ring (bicyclic) bond motifs is 2. The van der Waals surface area contributed by atoms with E-state index in [1.54, 1.807) is 0 Å². The largest absolute Gasteiger partial charge is 0.326 e. The molecule has 0 bridgehead atoms. The van der Waals surface area contributed by atoms with Gasteiger partial charge < -0.3 is 9.80 Å². The fourth-order valence-electron chi connectivity index (χ4n) is 5.34. The van der Waals surface area contributed by atoms with Gasteiger partial charge in [-0.1, -0.05) is 76.6 Å². The van der Waals surface area contributed by atoms with E-state index in [4.69, 9.17) is 48.9 Å². The minimum atomic E-state index is -1.00. The van der Waals surface area contributed by atoms with Gasteiger partial charge in [-0.05, 0) is 70.0 Å². The van der Waals surface area contributed by atoms with Gasteiger partial charge in [0.05, 0.1) is 9.98 Å². The lowest BCUT2D eigenvalue weighted by Gasteiger charge is -2.38. The molecule has 0 aromatic rings. The maximum Gasteiger partial charge on any atom is 0.107 e. The van der Waals surface area contributed by atoms with Crippen LogP contribution in [0.2, 0.25) is 0 Å². The van der Waals surface area contributed by atoms with Crippen LogP contribution in [0.25, 0.3) is 0 Å². The van der Waals surface area contributed by atoms with E-state index in [9.17, 15) is 8.42 Å². The van der Waals surface area contributed by atoms with E-state index < -0.39 is 21.6 Å². The highest BCUT2D eigenvalue weighted by Gasteiger charge is 2.38. The third kappa shape index (κ3) is 8.54. The summed E-state index contributed by atoms with van der Waals surface area (Å²) < 4.78 is 25.7. The minimum absolute atomic E-state index is 0.0766. The van der Waals surface area contributed by atoms with Crippen LogP contribution in [0.15, 0.2) is 22.0 Å². The van der Waals surface area contributed by atoms with Gasteiger partial charge in [0.25, 0.3) is 0 Å². The SMILES string of the molecule is CC(C)(CCS(=O)CCS(=O)CCC(C)(C)CN1C(=S)C=C2SCCC2C1=S)CN1C(=S)C=C2SCCC2C1=S. The fraction of sp³-hybridized carbons (Fsp3) is 0.714. The molecule has 4 aliphatic rings. The third-order valence-electron chi connectivity index (χ3n) is 7.95. The van der Waals surface area contributed by atoms with Crippen molar-refractivity contribution in [1.29, 1.82) is 0 Å². The molecule has 4 nitrogen and oxygen atoms in total. The Morgan fingerprint density at radius 1 is 0.725 bits per heavy atom. The fourth-order valence-corrected chi connectivity index (χ4v) is 13.0. The number of thiocarbonyl (C=S) groups is 4. The van der Waals surface area contributed by atoms with Crippen LogP contribution in [-0.4, -0.2) is 85.8 Å². The number of thioether (sulfide) groups is 2. The molecule has 4 unspecified atom stereocenters. The first kappa shape index (κ1) is 33.3. The Bertz CT molecular complexity index is 1080. The Balaban J connectivity index is 1.17. The predicted molar refractivity (Wildman–Crippen MR) is 194 cm³/mol. The van der Waals surface area contributed by atoms with Crippen LogP contribution >= 0.6 is 72.4 Å². The Hall–Kier alpha value is 0.440. The molecule has 40 heavy (non-hydrogen) atoms. The molecule has 4 heterocycles. The molecule has 4 aliphatic heterocycles. The third-order valence-corrected chi connectivity index (χ3v) is 14.9. The molecule has 0 N–H and O–H groups in total. The molecule has 12 heteroatoms. The smallest absolute Gasteiger partial charge is 0.107 e. The maximum atomic E-state index is 12.8. The van der Waals surface area contributed by atoms with E-state index in [2.05, 4.69) is 49.6 Å². The summed E-state index contributed by atoms with van der Waals surface area (Å²) in [4.78, 5) is 10.4. The summed E-state index contributed by atoms with van der Waals surface area (Å²) in [7, 11) is -2.00. The topological polar surface area (TPSA) is 40.6 Å². The van der Waals surface area contributed by atoms with Crippen molar-refractivity contribution in [1.82, 2.24) is 9.80 Å². The molecule has 0 aromatic heterocycles. The lowest BCUT2D eigenvalue weighted by molar-refractivity contribution is 0.296. The number of nitrogens with zero attached hydrogens (tertiary/aromatic N) is 2. The average molecular weight is 693 g/mol. The molecule has 2 saturated heterocycles. The zero-order chi connectivity index (χ0) is 29.2. The minimum Gasteiger partial charge on any atom is -0.326 e. The molecule has 0 saturated carbocycles. The highest BCUT2D eigenvalue weighted by atomic mass is 32.2. The van der Waals surface area contributed by atoms with Gasteiger partial charge >= 0.3 is 0 Å². The summed E-state index contributed by atoms with van der Waals surface area (Å²) in [5.41, 5.74) is -0.153. The molecule has 222 valence electrons. The molecule has 0 spiro atoms. The zero-order valence-electron chi connectivity index (χ0n) is 23.8. The lowest BCUT2D eigenvalue weighted by Crippen LogP contribution is -2.46. The van der Waals surface area contributed by atoms with Crippen LogP contribution in [0.5, 0.6) is 0 Å². The first-order valence-electron chi connectivity index (χ1n) is 13.9. The van der Waals surface area contributed by atoms with Gasteiger partial charge in [0, 0.05) is 69.5 Å². The van der Waals surface area contributed by atoms with Gasteiger partial charge in [0.2, 0.25) is 0 Å². The van der Waals surface area contributed by atoms with E-state index in [1.165, 1.54) is 9.81 Å². The highest BCUT2D eigenvalue weighted by Crippen LogP contribution is 2.42. The van der Waals surface area contributed by atoms with Gasteiger partial charge in [0.1, 0.15) is 9.98 Å². The summed E-state index contributed by atoms with van der Waals surface area (Å²) in [6.07, 6.45) is 8.03. The van der Waals surface area contributed by atoms with E-state index in [0.29, 0.717) is 34.8 Å². The van der Waals surface area contributed by atoms with Gasteiger partial charge in [-0.15, -0.1) is 23.5 Å². The van der Waals surface area contributed by atoms with Crippen molar-refractivity contribution in [2.24, 2.45) is 22.7 Å². The molecule has 2 fully saturated rings. The van der Waals surface area contributed by atoms with Gasteiger partial charge in [0.15, 0.2) is 0 Å². The van der Waals surface area contributed by atoms with Crippen molar-refractivity contribution in [2.75, 3.05) is 47.6 Å². The quantitative estimate of drug-likeness (QED) is 0.199. The Kier molecular flexibility index (Phi) is 11.7. The number of hydrogen-bond acceptors (Lipinski definition) is 8. The van der Waals surface area contributed by atoms with Crippen molar-refractivity contribution in [3.05, 3.63) is 22.0 Å². The van der Waals surface area contributed by atoms with E-state index in [-0.39, 0.29) is 10.8 Å². The lowest BCUT2D eigenvalue weighted by atomic mass is 9.88. The maximum absolute atomic E-state index is 12.8. The summed E-state index contributed by atoms with van der Waals surface area (Å²) in [5.74, 6) is 5.02. The normalized spacial score (nSPS) is 25.1. The van der Waals surface area contributed by atoms with Crippen LogP contribution in [-0.2, 0) is 21.6 Å². The Morgan fingerprint density at radius 2 is 1.10 bits per heavy atom. The van der Waals surface area contributed by atoms with Crippen LogP contribution in [0.4, 0.5) is 0 Å². The second-order valence-electron chi connectivity index (χ2n) is 12.5. The van der Waals surface area contributed by atoms with Crippen LogP contribution in [0.1, 0.15) is 53.4 Å². The molecular formula is C28H40N2O2S8. The van der Waals surface area contributed by atoms with Crippen molar-refractivity contribution >= 4 is 114 Å². The molecular weight excluding hydrogens is 653 g/mol. The molecule has 4 atom stereocenters.